The van der Waals surface area contributed by atoms with Crippen LogP contribution in [-0.4, -0.2) is 40.1 Å². The number of nitrogens with zero attached hydrogens (tertiary/aromatic N) is 3. The summed E-state index contributed by atoms with van der Waals surface area (Å²) < 4.78 is 12.0. The van der Waals surface area contributed by atoms with Gasteiger partial charge in [-0.2, -0.15) is 0 Å². The molecule has 0 aliphatic heterocycles. The Labute approximate surface area is 185 Å². The van der Waals surface area contributed by atoms with Crippen molar-refractivity contribution in [2.45, 2.75) is 0 Å². The van der Waals surface area contributed by atoms with Crippen molar-refractivity contribution in [1.82, 2.24) is 14.8 Å². The number of benzene rings is 3. The highest BCUT2D eigenvalue weighted by Gasteiger charge is 2.23. The van der Waals surface area contributed by atoms with Crippen LogP contribution in [0, 0.1) is 0 Å². The molecule has 0 unspecified atom stereocenters. The molecule has 0 amide bonds. The van der Waals surface area contributed by atoms with E-state index in [9.17, 15) is 9.90 Å². The fourth-order valence-electron chi connectivity index (χ4n) is 3.30. The standard InChI is InChI=1S/C25H21N3O4/c1-31-20-12-8-18(9-13-20)23-26-27-24(19-10-14-21(32-2)15-11-19)28(23)22(25(29)30)16-17-6-4-3-5-7-17/h3-16H,1-2H3,(H,29,30)/b22-16+. The number of aromatic nitrogens is 3. The third kappa shape index (κ3) is 4.22. The molecule has 1 N–H and O–H groups in total. The van der Waals surface area contributed by atoms with Gasteiger partial charge in [0, 0.05) is 11.1 Å². The molecule has 4 rings (SSSR count). The summed E-state index contributed by atoms with van der Waals surface area (Å²) in [4.78, 5) is 12.4. The molecule has 0 bridgehead atoms. The van der Waals surface area contributed by atoms with Gasteiger partial charge in [0.1, 0.15) is 17.2 Å². The molecule has 7 heteroatoms. The average molecular weight is 427 g/mol. The Morgan fingerprint density at radius 3 is 1.66 bits per heavy atom. The number of hydrogen-bond donors (Lipinski definition) is 1. The van der Waals surface area contributed by atoms with E-state index in [2.05, 4.69) is 10.2 Å². The van der Waals surface area contributed by atoms with Crippen LogP contribution in [0.25, 0.3) is 34.5 Å². The molecule has 7 nitrogen and oxygen atoms in total. The molecule has 0 saturated carbocycles. The van der Waals surface area contributed by atoms with E-state index in [1.807, 2.05) is 54.6 Å². The largest absolute Gasteiger partial charge is 0.497 e. The van der Waals surface area contributed by atoms with Gasteiger partial charge in [0.05, 0.1) is 14.2 Å². The number of carbonyl (C=O) groups is 1. The summed E-state index contributed by atoms with van der Waals surface area (Å²) in [5.74, 6) is 1.09. The first-order chi connectivity index (χ1) is 15.6. The lowest BCUT2D eigenvalue weighted by molar-refractivity contribution is -0.130. The van der Waals surface area contributed by atoms with E-state index in [-0.39, 0.29) is 5.70 Å². The van der Waals surface area contributed by atoms with E-state index in [1.165, 1.54) is 0 Å². The number of carboxylic acids is 1. The van der Waals surface area contributed by atoms with Gasteiger partial charge < -0.3 is 14.6 Å². The zero-order valence-electron chi connectivity index (χ0n) is 17.6. The van der Waals surface area contributed by atoms with Gasteiger partial charge >= 0.3 is 5.97 Å². The first-order valence-electron chi connectivity index (χ1n) is 9.85. The van der Waals surface area contributed by atoms with Gasteiger partial charge in [0.15, 0.2) is 11.6 Å². The van der Waals surface area contributed by atoms with Gasteiger partial charge in [0.2, 0.25) is 0 Å². The highest BCUT2D eigenvalue weighted by atomic mass is 16.5. The van der Waals surface area contributed by atoms with Crippen LogP contribution in [0.1, 0.15) is 5.56 Å². The van der Waals surface area contributed by atoms with Crippen molar-refractivity contribution in [3.05, 3.63) is 84.4 Å². The zero-order chi connectivity index (χ0) is 22.5. The topological polar surface area (TPSA) is 86.5 Å². The summed E-state index contributed by atoms with van der Waals surface area (Å²) in [7, 11) is 3.18. The summed E-state index contributed by atoms with van der Waals surface area (Å²) in [5, 5.41) is 18.8. The van der Waals surface area contributed by atoms with Crippen LogP contribution >= 0.6 is 0 Å². The molecular formula is C25H21N3O4. The summed E-state index contributed by atoms with van der Waals surface area (Å²) in [5.41, 5.74) is 2.19. The second-order valence-corrected chi connectivity index (χ2v) is 6.89. The molecule has 0 saturated heterocycles. The fraction of sp³-hybridized carbons (Fsp3) is 0.0800. The number of carboxylic acid groups (broad SMARTS) is 1. The number of ether oxygens (including phenoxy) is 2. The normalized spacial score (nSPS) is 11.2. The van der Waals surface area contributed by atoms with Gasteiger partial charge in [0.25, 0.3) is 0 Å². The molecule has 0 radical (unpaired) electrons. The fourth-order valence-corrected chi connectivity index (χ4v) is 3.30. The molecular weight excluding hydrogens is 406 g/mol. The molecule has 0 aliphatic rings. The van der Waals surface area contributed by atoms with E-state index in [0.29, 0.717) is 34.3 Å². The highest BCUT2D eigenvalue weighted by molar-refractivity contribution is 6.15. The molecule has 0 fully saturated rings. The van der Waals surface area contributed by atoms with Gasteiger partial charge in [-0.3, -0.25) is 4.57 Å². The second kappa shape index (κ2) is 9.18. The maximum Gasteiger partial charge on any atom is 0.352 e. The maximum atomic E-state index is 12.4. The number of hydrogen-bond acceptors (Lipinski definition) is 5. The van der Waals surface area contributed by atoms with Crippen LogP contribution in [0.15, 0.2) is 78.9 Å². The summed E-state index contributed by atoms with van der Waals surface area (Å²) >= 11 is 0. The monoisotopic (exact) mass is 427 g/mol. The van der Waals surface area contributed by atoms with Crippen LogP contribution in [0.2, 0.25) is 0 Å². The lowest BCUT2D eigenvalue weighted by Gasteiger charge is -2.12. The quantitative estimate of drug-likeness (QED) is 0.430. The lowest BCUT2D eigenvalue weighted by Crippen LogP contribution is -2.11. The Morgan fingerprint density at radius 1 is 0.781 bits per heavy atom. The van der Waals surface area contributed by atoms with Crippen molar-refractivity contribution < 1.29 is 19.4 Å². The predicted octanol–water partition coefficient (Wildman–Crippen LogP) is 4.71. The Balaban J connectivity index is 1.94. The number of aliphatic carboxylic acids is 1. The first kappa shape index (κ1) is 20.9. The van der Waals surface area contributed by atoms with Crippen molar-refractivity contribution >= 4 is 17.7 Å². The molecule has 32 heavy (non-hydrogen) atoms. The van der Waals surface area contributed by atoms with Gasteiger partial charge in [-0.1, -0.05) is 30.3 Å². The minimum Gasteiger partial charge on any atom is -0.497 e. The van der Waals surface area contributed by atoms with E-state index in [4.69, 9.17) is 9.47 Å². The Morgan fingerprint density at radius 2 is 1.25 bits per heavy atom. The van der Waals surface area contributed by atoms with Crippen LogP contribution in [-0.2, 0) is 4.79 Å². The molecule has 160 valence electrons. The van der Waals surface area contributed by atoms with Crippen molar-refractivity contribution in [1.29, 1.82) is 0 Å². The van der Waals surface area contributed by atoms with Gasteiger partial charge in [-0.05, 0) is 60.2 Å². The van der Waals surface area contributed by atoms with Crippen molar-refractivity contribution in [3.63, 3.8) is 0 Å². The predicted molar refractivity (Wildman–Crippen MR) is 122 cm³/mol. The molecule has 0 atom stereocenters. The van der Waals surface area contributed by atoms with Crippen LogP contribution in [0.5, 0.6) is 11.5 Å². The smallest absolute Gasteiger partial charge is 0.352 e. The van der Waals surface area contributed by atoms with Crippen molar-refractivity contribution in [3.8, 4) is 34.3 Å². The molecule has 1 heterocycles. The minimum absolute atomic E-state index is 0.0258. The van der Waals surface area contributed by atoms with Crippen molar-refractivity contribution in [2.75, 3.05) is 14.2 Å². The highest BCUT2D eigenvalue weighted by Crippen LogP contribution is 2.31. The second-order valence-electron chi connectivity index (χ2n) is 6.89. The van der Waals surface area contributed by atoms with Crippen LogP contribution in [0.3, 0.4) is 0 Å². The van der Waals surface area contributed by atoms with Gasteiger partial charge in [-0.15, -0.1) is 10.2 Å². The first-order valence-corrected chi connectivity index (χ1v) is 9.85. The SMILES string of the molecule is COc1ccc(-c2nnc(-c3ccc(OC)cc3)n2/C(=C/c2ccccc2)C(=O)O)cc1. The third-order valence-electron chi connectivity index (χ3n) is 4.92. The van der Waals surface area contributed by atoms with E-state index in [0.717, 1.165) is 5.56 Å². The van der Waals surface area contributed by atoms with E-state index in [1.54, 1.807) is 49.1 Å². The molecule has 1 aromatic heterocycles. The summed E-state index contributed by atoms with van der Waals surface area (Å²) in [6.45, 7) is 0. The Kier molecular flexibility index (Phi) is 5.98. The van der Waals surface area contributed by atoms with E-state index < -0.39 is 5.97 Å². The van der Waals surface area contributed by atoms with Gasteiger partial charge in [-0.25, -0.2) is 4.79 Å². The molecule has 4 aromatic rings. The summed E-state index contributed by atoms with van der Waals surface area (Å²) in [6.07, 6.45) is 1.60. The Bertz CT molecular complexity index is 1180. The van der Waals surface area contributed by atoms with E-state index >= 15 is 0 Å². The number of methoxy groups -OCH3 is 2. The van der Waals surface area contributed by atoms with Crippen LogP contribution < -0.4 is 9.47 Å². The molecule has 3 aromatic carbocycles. The average Bonchev–Trinajstić information content (AvgIpc) is 3.27. The maximum absolute atomic E-state index is 12.4. The van der Waals surface area contributed by atoms with Crippen molar-refractivity contribution in [2.24, 2.45) is 0 Å². The third-order valence-corrected chi connectivity index (χ3v) is 4.92. The Hall–Kier alpha value is -4.39. The zero-order valence-corrected chi connectivity index (χ0v) is 17.6. The molecule has 0 aliphatic carbocycles. The minimum atomic E-state index is -1.10. The summed E-state index contributed by atoms with van der Waals surface area (Å²) in [6, 6.07) is 23.7. The lowest BCUT2D eigenvalue weighted by atomic mass is 10.1. The van der Waals surface area contributed by atoms with Crippen LogP contribution in [0.4, 0.5) is 0 Å². The molecule has 0 spiro atoms. The number of rotatable bonds is 7.